The Morgan fingerprint density at radius 3 is 2.74 bits per heavy atom. The summed E-state index contributed by atoms with van der Waals surface area (Å²) in [5.41, 5.74) is 10.8. The van der Waals surface area contributed by atoms with Crippen LogP contribution < -0.4 is 5.73 Å². The largest absolute Gasteiger partial charge is 0.364 e. The van der Waals surface area contributed by atoms with Crippen LogP contribution in [0.2, 0.25) is 0 Å². The highest BCUT2D eigenvalue weighted by molar-refractivity contribution is 7.09. The molecule has 4 N–H and O–H groups in total. The molecule has 0 spiro atoms. The lowest BCUT2D eigenvalue weighted by atomic mass is 9.98. The van der Waals surface area contributed by atoms with Gasteiger partial charge in [-0.3, -0.25) is 15.0 Å². The number of nitrogens with two attached hydrogens (primary N) is 1. The summed E-state index contributed by atoms with van der Waals surface area (Å²) in [5, 5.41) is 18.9. The lowest BCUT2D eigenvalue weighted by molar-refractivity contribution is 0.0996. The van der Waals surface area contributed by atoms with Gasteiger partial charge in [0.2, 0.25) is 0 Å². The molecule has 3 aromatic heterocycles. The molecule has 0 bridgehead atoms. The first-order valence-corrected chi connectivity index (χ1v) is 9.19. The smallest absolute Gasteiger partial charge is 0.268 e. The molecule has 3 heterocycles. The van der Waals surface area contributed by atoms with Gasteiger partial charge in [0.15, 0.2) is 0 Å². The number of nitrogens with one attached hydrogen (secondary N) is 2. The third-order valence-electron chi connectivity index (χ3n) is 4.56. The number of hydrogen-bond acceptors (Lipinski definition) is 5. The lowest BCUT2D eigenvalue weighted by Crippen LogP contribution is -2.11. The third-order valence-corrected chi connectivity index (χ3v) is 5.41. The van der Waals surface area contributed by atoms with E-state index in [2.05, 4.69) is 49.6 Å². The van der Waals surface area contributed by atoms with Crippen LogP contribution in [0, 0.1) is 0 Å². The van der Waals surface area contributed by atoms with Crippen molar-refractivity contribution in [1.82, 2.24) is 25.4 Å². The molecular weight excluding hydrogens is 360 g/mol. The Morgan fingerprint density at radius 1 is 1.04 bits per heavy atom. The van der Waals surface area contributed by atoms with E-state index < -0.39 is 5.91 Å². The van der Waals surface area contributed by atoms with Crippen molar-refractivity contribution >= 4 is 39.0 Å². The number of aromatic nitrogens is 5. The Bertz CT molecular complexity index is 1300. The van der Waals surface area contributed by atoms with E-state index in [0.717, 1.165) is 43.5 Å². The number of benzene rings is 2. The second-order valence-electron chi connectivity index (χ2n) is 6.31. The van der Waals surface area contributed by atoms with E-state index in [1.165, 1.54) is 11.3 Å². The summed E-state index contributed by atoms with van der Waals surface area (Å²) in [6, 6.07) is 10.4. The first kappa shape index (κ1) is 15.7. The van der Waals surface area contributed by atoms with Gasteiger partial charge in [-0.2, -0.15) is 10.2 Å². The van der Waals surface area contributed by atoms with Crippen molar-refractivity contribution in [2.75, 3.05) is 0 Å². The summed E-state index contributed by atoms with van der Waals surface area (Å²) in [6.07, 6.45) is 4.24. The summed E-state index contributed by atoms with van der Waals surface area (Å²) in [7, 11) is 0. The lowest BCUT2D eigenvalue weighted by Gasteiger charge is -2.07. The van der Waals surface area contributed by atoms with Crippen molar-refractivity contribution in [3.05, 3.63) is 64.4 Å². The molecule has 1 amide bonds. The number of fused-ring (bicyclic) bond motifs is 2. The third kappa shape index (κ3) is 2.76. The molecule has 0 aliphatic heterocycles. The van der Waals surface area contributed by atoms with Gasteiger partial charge in [-0.25, -0.2) is 4.98 Å². The minimum Gasteiger partial charge on any atom is -0.364 e. The van der Waals surface area contributed by atoms with Crippen LogP contribution in [0.25, 0.3) is 32.9 Å². The van der Waals surface area contributed by atoms with Gasteiger partial charge in [-0.15, -0.1) is 11.3 Å². The summed E-state index contributed by atoms with van der Waals surface area (Å²) in [4.78, 5) is 15.6. The second-order valence-corrected chi connectivity index (χ2v) is 7.25. The molecule has 5 rings (SSSR count). The van der Waals surface area contributed by atoms with E-state index in [0.29, 0.717) is 12.1 Å². The van der Waals surface area contributed by atoms with E-state index in [1.807, 2.05) is 18.5 Å². The average molecular weight is 374 g/mol. The molecule has 2 aromatic carbocycles. The SMILES string of the molecule is NC(=O)c1csc(Cc2cc(-c3ccc4[nH]ncc4c3)cc3[nH]ncc23)n1. The number of primary amides is 1. The van der Waals surface area contributed by atoms with E-state index >= 15 is 0 Å². The Morgan fingerprint density at radius 2 is 1.89 bits per heavy atom. The highest BCUT2D eigenvalue weighted by Crippen LogP contribution is 2.30. The topological polar surface area (TPSA) is 113 Å². The highest BCUT2D eigenvalue weighted by Gasteiger charge is 2.12. The summed E-state index contributed by atoms with van der Waals surface area (Å²) < 4.78 is 0. The summed E-state index contributed by atoms with van der Waals surface area (Å²) in [5.74, 6) is -0.506. The number of amides is 1. The normalized spacial score (nSPS) is 11.4. The predicted octanol–water partition coefficient (Wildman–Crippen LogP) is 3.25. The Kier molecular flexibility index (Phi) is 3.51. The van der Waals surface area contributed by atoms with Gasteiger partial charge < -0.3 is 5.73 Å². The highest BCUT2D eigenvalue weighted by atomic mass is 32.1. The monoisotopic (exact) mass is 374 g/mol. The van der Waals surface area contributed by atoms with Gasteiger partial charge in [0.1, 0.15) is 5.69 Å². The fourth-order valence-electron chi connectivity index (χ4n) is 3.23. The number of carbonyl (C=O) groups is 1. The molecule has 0 atom stereocenters. The van der Waals surface area contributed by atoms with Gasteiger partial charge in [-0.05, 0) is 41.0 Å². The number of rotatable bonds is 4. The van der Waals surface area contributed by atoms with E-state index in [9.17, 15) is 4.79 Å². The minimum absolute atomic E-state index is 0.306. The maximum atomic E-state index is 11.3. The Labute approximate surface area is 157 Å². The molecule has 132 valence electrons. The minimum atomic E-state index is -0.506. The van der Waals surface area contributed by atoms with Gasteiger partial charge in [-0.1, -0.05) is 6.07 Å². The molecule has 27 heavy (non-hydrogen) atoms. The van der Waals surface area contributed by atoms with Crippen molar-refractivity contribution in [3.63, 3.8) is 0 Å². The zero-order valence-corrected chi connectivity index (χ0v) is 14.9. The Hall–Kier alpha value is -3.52. The molecule has 8 heteroatoms. The van der Waals surface area contributed by atoms with Gasteiger partial charge in [0, 0.05) is 22.6 Å². The van der Waals surface area contributed by atoms with Crippen molar-refractivity contribution < 1.29 is 4.79 Å². The fourth-order valence-corrected chi connectivity index (χ4v) is 4.03. The van der Waals surface area contributed by atoms with Crippen LogP contribution in [0.3, 0.4) is 0 Å². The quantitative estimate of drug-likeness (QED) is 0.448. The fraction of sp³-hybridized carbons (Fsp3) is 0.0526. The molecule has 0 radical (unpaired) electrons. The summed E-state index contributed by atoms with van der Waals surface area (Å²) >= 11 is 1.43. The van der Waals surface area contributed by atoms with Crippen LogP contribution in [-0.4, -0.2) is 31.3 Å². The van der Waals surface area contributed by atoms with E-state index in [-0.39, 0.29) is 0 Å². The molecule has 0 saturated carbocycles. The zero-order valence-electron chi connectivity index (χ0n) is 14.1. The molecule has 0 saturated heterocycles. The number of hydrogen-bond donors (Lipinski definition) is 3. The molecule has 0 aliphatic carbocycles. The number of nitrogens with zero attached hydrogens (tertiary/aromatic N) is 3. The molecule has 0 aliphatic rings. The number of aromatic amines is 2. The van der Waals surface area contributed by atoms with Gasteiger partial charge >= 0.3 is 0 Å². The maximum Gasteiger partial charge on any atom is 0.268 e. The zero-order chi connectivity index (χ0) is 18.4. The molecule has 0 fully saturated rings. The molecule has 0 unspecified atom stereocenters. The van der Waals surface area contributed by atoms with E-state index in [1.54, 1.807) is 5.38 Å². The van der Waals surface area contributed by atoms with E-state index in [4.69, 9.17) is 5.73 Å². The number of H-pyrrole nitrogens is 2. The first-order valence-electron chi connectivity index (χ1n) is 8.31. The molecule has 5 aromatic rings. The first-order chi connectivity index (χ1) is 13.2. The van der Waals surface area contributed by atoms with Crippen LogP contribution in [-0.2, 0) is 6.42 Å². The number of carbonyl (C=O) groups excluding carboxylic acids is 1. The van der Waals surface area contributed by atoms with Gasteiger partial charge in [0.25, 0.3) is 5.91 Å². The molecular formula is C19H14N6OS. The van der Waals surface area contributed by atoms with Crippen molar-refractivity contribution in [2.45, 2.75) is 6.42 Å². The standard InChI is InChI=1S/C19H14N6OS/c20-19(26)17-9-27-18(23-17)6-12-4-11(5-16-14(12)8-22-25-16)10-1-2-15-13(3-10)7-21-24-15/h1-5,7-9H,6H2,(H2,20,26)(H,21,24)(H,22,25). The second kappa shape index (κ2) is 6.03. The maximum absolute atomic E-state index is 11.3. The van der Waals surface area contributed by atoms with Crippen molar-refractivity contribution in [1.29, 1.82) is 0 Å². The van der Waals surface area contributed by atoms with Crippen LogP contribution >= 0.6 is 11.3 Å². The van der Waals surface area contributed by atoms with Crippen LogP contribution in [0.1, 0.15) is 21.1 Å². The molecule has 7 nitrogen and oxygen atoms in total. The Balaban J connectivity index is 1.60. The van der Waals surface area contributed by atoms with Crippen LogP contribution in [0.5, 0.6) is 0 Å². The predicted molar refractivity (Wildman–Crippen MR) is 105 cm³/mol. The van der Waals surface area contributed by atoms with Crippen molar-refractivity contribution in [3.8, 4) is 11.1 Å². The van der Waals surface area contributed by atoms with Crippen molar-refractivity contribution in [2.24, 2.45) is 5.73 Å². The van der Waals surface area contributed by atoms with Crippen LogP contribution in [0.4, 0.5) is 0 Å². The summed E-state index contributed by atoms with van der Waals surface area (Å²) in [6.45, 7) is 0. The number of thiazole rings is 1. The van der Waals surface area contributed by atoms with Gasteiger partial charge in [0.05, 0.1) is 28.4 Å². The average Bonchev–Trinajstić information content (AvgIpc) is 3.40. The van der Waals surface area contributed by atoms with Crippen LogP contribution in [0.15, 0.2) is 48.1 Å².